The van der Waals surface area contributed by atoms with Gasteiger partial charge >= 0.3 is 0 Å². The van der Waals surface area contributed by atoms with Crippen molar-refractivity contribution in [2.24, 2.45) is 0 Å². The zero-order valence-electron chi connectivity index (χ0n) is 16.5. The van der Waals surface area contributed by atoms with Crippen LogP contribution in [0.5, 0.6) is 0 Å². The smallest absolute Gasteiger partial charge is 0.252 e. The molecule has 0 bridgehead atoms. The van der Waals surface area contributed by atoms with E-state index in [4.69, 9.17) is 14.5 Å². The standard InChI is InChI=1S/C21H26N4O2/c1-12(17-7-6-10-27-17)22-20(26)15-11-16(14-8-9-14)23-19-18(15)13(2)24-25(19)21(3,4)5/h6-7,10-12,14H,8-9H2,1-5H3,(H,22,26). The molecule has 0 aliphatic heterocycles. The van der Waals surface area contributed by atoms with E-state index in [1.54, 1.807) is 6.26 Å². The first-order valence-electron chi connectivity index (χ1n) is 9.50. The fourth-order valence-corrected chi connectivity index (χ4v) is 3.43. The van der Waals surface area contributed by atoms with E-state index >= 15 is 0 Å². The molecule has 3 heterocycles. The van der Waals surface area contributed by atoms with Crippen molar-refractivity contribution in [3.63, 3.8) is 0 Å². The zero-order chi connectivity index (χ0) is 19.3. The largest absolute Gasteiger partial charge is 0.467 e. The van der Waals surface area contributed by atoms with Gasteiger partial charge < -0.3 is 9.73 Å². The number of furan rings is 1. The molecular formula is C21H26N4O2. The molecule has 27 heavy (non-hydrogen) atoms. The van der Waals surface area contributed by atoms with E-state index in [-0.39, 0.29) is 17.5 Å². The molecule has 4 rings (SSSR count). The Labute approximate surface area is 159 Å². The summed E-state index contributed by atoms with van der Waals surface area (Å²) >= 11 is 0. The van der Waals surface area contributed by atoms with Gasteiger partial charge in [0.15, 0.2) is 5.65 Å². The molecule has 1 saturated carbocycles. The minimum atomic E-state index is -0.211. The van der Waals surface area contributed by atoms with Gasteiger partial charge in [0.1, 0.15) is 5.76 Å². The number of aromatic nitrogens is 3. The van der Waals surface area contributed by atoms with Crippen molar-refractivity contribution >= 4 is 16.9 Å². The molecular weight excluding hydrogens is 340 g/mol. The Balaban J connectivity index is 1.81. The maximum atomic E-state index is 13.2. The monoisotopic (exact) mass is 366 g/mol. The second-order valence-corrected chi connectivity index (χ2v) is 8.45. The Hall–Kier alpha value is -2.63. The fraction of sp³-hybridized carbons (Fsp3) is 0.476. The van der Waals surface area contributed by atoms with Crippen LogP contribution in [0, 0.1) is 6.92 Å². The van der Waals surface area contributed by atoms with Gasteiger partial charge in [0.05, 0.1) is 34.5 Å². The Morgan fingerprint density at radius 2 is 2.11 bits per heavy atom. The van der Waals surface area contributed by atoms with Gasteiger partial charge in [-0.05, 0) is 65.7 Å². The topological polar surface area (TPSA) is 73.0 Å². The highest BCUT2D eigenvalue weighted by atomic mass is 16.3. The first-order chi connectivity index (χ1) is 12.8. The lowest BCUT2D eigenvalue weighted by Crippen LogP contribution is -2.27. The van der Waals surface area contributed by atoms with Crippen molar-refractivity contribution in [3.8, 4) is 0 Å². The van der Waals surface area contributed by atoms with Crippen LogP contribution in [-0.2, 0) is 5.54 Å². The Bertz CT molecular complexity index is 992. The predicted molar refractivity (Wildman–Crippen MR) is 104 cm³/mol. The summed E-state index contributed by atoms with van der Waals surface area (Å²) in [4.78, 5) is 18.1. The number of hydrogen-bond donors (Lipinski definition) is 1. The summed E-state index contributed by atoms with van der Waals surface area (Å²) in [6.45, 7) is 10.2. The van der Waals surface area contributed by atoms with Gasteiger partial charge in [-0.3, -0.25) is 4.79 Å². The van der Waals surface area contributed by atoms with E-state index in [9.17, 15) is 4.79 Å². The second kappa shape index (κ2) is 6.22. The molecule has 0 saturated heterocycles. The SMILES string of the molecule is Cc1nn(C(C)(C)C)c2nc(C3CC3)cc(C(=O)NC(C)c3ccco3)c12. The number of rotatable bonds is 4. The van der Waals surface area contributed by atoms with Crippen molar-refractivity contribution in [3.05, 3.63) is 47.2 Å². The Kier molecular flexibility index (Phi) is 4.09. The average Bonchev–Trinajstić information content (AvgIpc) is 3.18. The van der Waals surface area contributed by atoms with Crippen LogP contribution in [0.2, 0.25) is 0 Å². The van der Waals surface area contributed by atoms with Crippen LogP contribution in [0.4, 0.5) is 0 Å². The summed E-state index contributed by atoms with van der Waals surface area (Å²) in [7, 11) is 0. The third kappa shape index (κ3) is 3.24. The van der Waals surface area contributed by atoms with E-state index in [2.05, 4.69) is 26.1 Å². The number of fused-ring (bicyclic) bond motifs is 1. The summed E-state index contributed by atoms with van der Waals surface area (Å²) < 4.78 is 7.36. The lowest BCUT2D eigenvalue weighted by Gasteiger charge is -2.20. The number of nitrogens with zero attached hydrogens (tertiary/aromatic N) is 3. The average molecular weight is 366 g/mol. The van der Waals surface area contributed by atoms with Crippen molar-refractivity contribution in [2.75, 3.05) is 0 Å². The minimum Gasteiger partial charge on any atom is -0.467 e. The van der Waals surface area contributed by atoms with Gasteiger partial charge in [-0.15, -0.1) is 0 Å². The number of carbonyl (C=O) groups excluding carboxylic acids is 1. The number of hydrogen-bond acceptors (Lipinski definition) is 4. The van der Waals surface area contributed by atoms with Crippen molar-refractivity contribution < 1.29 is 9.21 Å². The molecule has 6 heteroatoms. The van der Waals surface area contributed by atoms with Gasteiger partial charge in [0.2, 0.25) is 0 Å². The third-order valence-corrected chi connectivity index (χ3v) is 5.03. The van der Waals surface area contributed by atoms with Gasteiger partial charge in [-0.2, -0.15) is 5.10 Å². The first kappa shape index (κ1) is 17.8. The highest BCUT2D eigenvalue weighted by Gasteiger charge is 2.30. The number of aryl methyl sites for hydroxylation is 1. The lowest BCUT2D eigenvalue weighted by atomic mass is 10.1. The maximum Gasteiger partial charge on any atom is 0.252 e. The molecule has 1 fully saturated rings. The normalized spacial score (nSPS) is 15.9. The summed E-state index contributed by atoms with van der Waals surface area (Å²) in [6.07, 6.45) is 3.88. The fourth-order valence-electron chi connectivity index (χ4n) is 3.43. The molecule has 0 aromatic carbocycles. The van der Waals surface area contributed by atoms with Crippen LogP contribution >= 0.6 is 0 Å². The van der Waals surface area contributed by atoms with Gasteiger partial charge in [0, 0.05) is 11.6 Å². The van der Waals surface area contributed by atoms with Crippen molar-refractivity contribution in [1.29, 1.82) is 0 Å². The Morgan fingerprint density at radius 3 is 2.70 bits per heavy atom. The Morgan fingerprint density at radius 1 is 1.37 bits per heavy atom. The van der Waals surface area contributed by atoms with Crippen LogP contribution in [0.3, 0.4) is 0 Å². The molecule has 1 N–H and O–H groups in total. The third-order valence-electron chi connectivity index (χ3n) is 5.03. The highest BCUT2D eigenvalue weighted by Crippen LogP contribution is 2.41. The van der Waals surface area contributed by atoms with E-state index in [0.717, 1.165) is 41.0 Å². The molecule has 0 radical (unpaired) electrons. The van der Waals surface area contributed by atoms with Gasteiger partial charge in [-0.1, -0.05) is 0 Å². The lowest BCUT2D eigenvalue weighted by molar-refractivity contribution is 0.0937. The molecule has 0 spiro atoms. The van der Waals surface area contributed by atoms with E-state index in [0.29, 0.717) is 11.5 Å². The molecule has 1 unspecified atom stereocenters. The summed E-state index contributed by atoms with van der Waals surface area (Å²) in [5.41, 5.74) is 3.04. The maximum absolute atomic E-state index is 13.2. The van der Waals surface area contributed by atoms with Crippen molar-refractivity contribution in [1.82, 2.24) is 20.1 Å². The molecule has 3 aromatic heterocycles. The van der Waals surface area contributed by atoms with E-state index < -0.39 is 0 Å². The summed E-state index contributed by atoms with van der Waals surface area (Å²) in [5, 5.41) is 8.60. The van der Waals surface area contributed by atoms with Crippen molar-refractivity contribution in [2.45, 2.75) is 65.0 Å². The molecule has 1 aliphatic carbocycles. The minimum absolute atomic E-state index is 0.121. The molecule has 1 atom stereocenters. The second-order valence-electron chi connectivity index (χ2n) is 8.45. The van der Waals surface area contributed by atoms with Crippen LogP contribution < -0.4 is 5.32 Å². The van der Waals surface area contributed by atoms with Gasteiger partial charge in [0.25, 0.3) is 5.91 Å². The first-order valence-corrected chi connectivity index (χ1v) is 9.50. The molecule has 6 nitrogen and oxygen atoms in total. The molecule has 3 aromatic rings. The summed E-state index contributed by atoms with van der Waals surface area (Å²) in [5.74, 6) is 1.06. The predicted octanol–water partition coefficient (Wildman–Crippen LogP) is 4.46. The zero-order valence-corrected chi connectivity index (χ0v) is 16.5. The molecule has 1 aliphatic rings. The number of pyridine rings is 1. The van der Waals surface area contributed by atoms with E-state index in [1.165, 1.54) is 0 Å². The van der Waals surface area contributed by atoms with Crippen LogP contribution in [0.1, 0.15) is 80.0 Å². The quantitative estimate of drug-likeness (QED) is 0.740. The van der Waals surface area contributed by atoms with Crippen LogP contribution in [0.25, 0.3) is 11.0 Å². The van der Waals surface area contributed by atoms with E-state index in [1.807, 2.05) is 36.7 Å². The summed E-state index contributed by atoms with van der Waals surface area (Å²) in [6, 6.07) is 5.43. The molecule has 142 valence electrons. The van der Waals surface area contributed by atoms with Gasteiger partial charge in [-0.25, -0.2) is 9.67 Å². The number of carbonyl (C=O) groups is 1. The van der Waals surface area contributed by atoms with Crippen LogP contribution in [-0.4, -0.2) is 20.7 Å². The number of nitrogens with one attached hydrogen (secondary N) is 1. The molecule has 1 amide bonds. The highest BCUT2D eigenvalue weighted by molar-refractivity contribution is 6.06. The van der Waals surface area contributed by atoms with Crippen LogP contribution in [0.15, 0.2) is 28.9 Å². The number of amides is 1.